The molecule has 0 saturated carbocycles. The van der Waals surface area contributed by atoms with Gasteiger partial charge in [-0.05, 0) is 0 Å². The van der Waals surface area contributed by atoms with Crippen LogP contribution in [0.3, 0.4) is 0 Å². The van der Waals surface area contributed by atoms with Gasteiger partial charge < -0.3 is 0 Å². The molecule has 1 saturated heterocycles. The fourth-order valence-corrected chi connectivity index (χ4v) is 15.7. The third kappa shape index (κ3) is 2.12. The van der Waals surface area contributed by atoms with Gasteiger partial charge in [0.2, 0.25) is 0 Å². The number of hydrogen-bond donors (Lipinski definition) is 0. The van der Waals surface area contributed by atoms with Crippen molar-refractivity contribution in [2.75, 3.05) is 0 Å². The molecule has 3 rings (SSSR count). The molecule has 2 aromatic rings. The molecule has 1 atom stereocenters. The first-order chi connectivity index (χ1) is 9.54. The summed E-state index contributed by atoms with van der Waals surface area (Å²) in [4.78, 5) is 0. The van der Waals surface area contributed by atoms with Gasteiger partial charge in [0.25, 0.3) is 0 Å². The summed E-state index contributed by atoms with van der Waals surface area (Å²) < 4.78 is 29.8. The van der Waals surface area contributed by atoms with E-state index in [0.29, 0.717) is 4.75 Å². The van der Waals surface area contributed by atoms with Crippen molar-refractivity contribution in [2.24, 2.45) is 0 Å². The van der Waals surface area contributed by atoms with Crippen molar-refractivity contribution in [2.45, 2.75) is 16.9 Å². The Bertz CT molecular complexity index is 633. The van der Waals surface area contributed by atoms with E-state index >= 15 is 0 Å². The summed E-state index contributed by atoms with van der Waals surface area (Å²) in [6.45, 7) is 6.09. The Morgan fingerprint density at radius 2 is 1.55 bits per heavy atom. The molecule has 0 N–H and O–H groups in total. The summed E-state index contributed by atoms with van der Waals surface area (Å²) in [7, 11) is 0. The minimum absolute atomic E-state index is 0.212. The second kappa shape index (κ2) is 4.85. The Hall–Kier alpha value is -1.42. The van der Waals surface area contributed by atoms with E-state index in [1.165, 1.54) is 12.1 Å². The number of allylic oxidation sites excluding steroid dienone is 1. The monoisotopic (exact) mass is 332 g/mol. The average molecular weight is 331 g/mol. The van der Waals surface area contributed by atoms with E-state index in [1.807, 2.05) is 19.1 Å². The molecule has 0 aromatic heterocycles. The zero-order chi connectivity index (χ0) is 14.3. The van der Waals surface area contributed by atoms with Crippen LogP contribution in [-0.2, 0) is 0 Å². The van der Waals surface area contributed by atoms with E-state index in [0.717, 1.165) is 19.6 Å². The summed E-state index contributed by atoms with van der Waals surface area (Å²) in [5.41, 5.74) is 1.14. The van der Waals surface area contributed by atoms with Crippen LogP contribution in [0.25, 0.3) is 0 Å². The minimum atomic E-state index is -2.64. The van der Waals surface area contributed by atoms with Crippen LogP contribution in [0.5, 0.6) is 0 Å². The van der Waals surface area contributed by atoms with Crippen LogP contribution < -0.4 is 8.79 Å². The van der Waals surface area contributed by atoms with Crippen LogP contribution in [0, 0.1) is 11.6 Å². The zero-order valence-corrected chi connectivity index (χ0v) is 13.5. The molecule has 1 fully saturated rings. The van der Waals surface area contributed by atoms with Crippen molar-refractivity contribution in [3.63, 3.8) is 0 Å². The Morgan fingerprint density at radius 3 is 1.90 bits per heavy atom. The standard InChI is InChI=1S/C17H16F2Ge/c1-12(2)17-11-20(17,15-7-3-5-13(18)9-15)16-8-4-6-14(19)10-16/h3-10,17H,1,11H2,2H3. The molecule has 20 heavy (non-hydrogen) atoms. The van der Waals surface area contributed by atoms with E-state index in [-0.39, 0.29) is 11.6 Å². The first-order valence-corrected chi connectivity index (χ1v) is 11.5. The molecular weight excluding hydrogens is 315 g/mol. The molecule has 0 radical (unpaired) electrons. The topological polar surface area (TPSA) is 0 Å². The van der Waals surface area contributed by atoms with Crippen LogP contribution in [-0.4, -0.2) is 13.3 Å². The molecule has 1 aliphatic rings. The van der Waals surface area contributed by atoms with Gasteiger partial charge in [-0.3, -0.25) is 0 Å². The quantitative estimate of drug-likeness (QED) is 0.597. The van der Waals surface area contributed by atoms with Gasteiger partial charge in [0, 0.05) is 0 Å². The molecule has 0 nitrogen and oxygen atoms in total. The average Bonchev–Trinajstić information content (AvgIpc) is 3.15. The molecule has 1 heterocycles. The Balaban J connectivity index is 2.14. The molecule has 2 aromatic carbocycles. The number of hydrogen-bond acceptors (Lipinski definition) is 0. The third-order valence-electron chi connectivity index (χ3n) is 4.24. The summed E-state index contributed by atoms with van der Waals surface area (Å²) in [5.74, 6) is -0.424. The van der Waals surface area contributed by atoms with Crippen molar-refractivity contribution < 1.29 is 8.78 Å². The second-order valence-electron chi connectivity index (χ2n) is 5.60. The van der Waals surface area contributed by atoms with Gasteiger partial charge in [-0.15, -0.1) is 0 Å². The van der Waals surface area contributed by atoms with E-state index in [1.54, 1.807) is 24.3 Å². The molecule has 0 amide bonds. The molecule has 1 aliphatic heterocycles. The second-order valence-corrected chi connectivity index (χ2v) is 14.4. The van der Waals surface area contributed by atoms with Crippen molar-refractivity contribution in [3.8, 4) is 0 Å². The summed E-state index contributed by atoms with van der Waals surface area (Å²) in [6.07, 6.45) is 0. The summed E-state index contributed by atoms with van der Waals surface area (Å²) >= 11 is -2.64. The Morgan fingerprint density at radius 1 is 1.05 bits per heavy atom. The number of rotatable bonds is 3. The van der Waals surface area contributed by atoms with Crippen LogP contribution in [0.1, 0.15) is 6.92 Å². The van der Waals surface area contributed by atoms with Crippen molar-refractivity contribution in [3.05, 3.63) is 72.3 Å². The molecule has 0 aliphatic carbocycles. The van der Waals surface area contributed by atoms with Gasteiger partial charge >= 0.3 is 120 Å². The summed E-state index contributed by atoms with van der Waals surface area (Å²) in [5, 5.41) is 1.04. The van der Waals surface area contributed by atoms with E-state index in [9.17, 15) is 8.78 Å². The fraction of sp³-hybridized carbons (Fsp3) is 0.176. The maximum absolute atomic E-state index is 13.6. The van der Waals surface area contributed by atoms with E-state index < -0.39 is 13.3 Å². The van der Waals surface area contributed by atoms with Crippen LogP contribution >= 0.6 is 0 Å². The molecule has 3 heteroatoms. The molecule has 102 valence electrons. The normalized spacial score (nSPS) is 19.6. The van der Waals surface area contributed by atoms with E-state index in [2.05, 4.69) is 6.58 Å². The number of halogens is 2. The van der Waals surface area contributed by atoms with Gasteiger partial charge in [0.15, 0.2) is 0 Å². The molecule has 1 unspecified atom stereocenters. The van der Waals surface area contributed by atoms with Crippen LogP contribution in [0.15, 0.2) is 60.7 Å². The van der Waals surface area contributed by atoms with Crippen molar-refractivity contribution in [1.82, 2.24) is 0 Å². The van der Waals surface area contributed by atoms with Crippen molar-refractivity contribution >= 4 is 22.1 Å². The predicted octanol–water partition coefficient (Wildman–Crippen LogP) is 3.49. The SMILES string of the molecule is C=C(C)[CH]1[CH2][Ge]1([c]1cccc(F)c1)[c]1cccc(F)c1. The predicted molar refractivity (Wildman–Crippen MR) is 81.2 cm³/mol. The zero-order valence-electron chi connectivity index (χ0n) is 11.4. The molecular formula is C17H16F2Ge. The third-order valence-corrected chi connectivity index (χ3v) is 14.9. The van der Waals surface area contributed by atoms with Gasteiger partial charge in [0.1, 0.15) is 0 Å². The van der Waals surface area contributed by atoms with Gasteiger partial charge in [-0.1, -0.05) is 0 Å². The number of benzene rings is 2. The molecule has 0 spiro atoms. The Kier molecular flexibility index (Phi) is 3.29. The summed E-state index contributed by atoms with van der Waals surface area (Å²) in [6, 6.07) is 13.7. The van der Waals surface area contributed by atoms with Crippen molar-refractivity contribution in [1.29, 1.82) is 0 Å². The van der Waals surface area contributed by atoms with Crippen LogP contribution in [0.4, 0.5) is 8.78 Å². The van der Waals surface area contributed by atoms with Crippen LogP contribution in [0.2, 0.25) is 10.0 Å². The van der Waals surface area contributed by atoms with Gasteiger partial charge in [-0.2, -0.15) is 0 Å². The first-order valence-electron chi connectivity index (χ1n) is 6.71. The Labute approximate surface area is 120 Å². The fourth-order valence-electron chi connectivity index (χ4n) is 3.19. The van der Waals surface area contributed by atoms with Gasteiger partial charge in [-0.25, -0.2) is 0 Å². The molecule has 0 bridgehead atoms. The van der Waals surface area contributed by atoms with E-state index in [4.69, 9.17) is 0 Å². The maximum atomic E-state index is 13.6. The van der Waals surface area contributed by atoms with Gasteiger partial charge in [0.05, 0.1) is 0 Å². The first kappa shape index (κ1) is 13.6.